The van der Waals surface area contributed by atoms with Crippen molar-refractivity contribution in [2.75, 3.05) is 5.43 Å². The summed E-state index contributed by atoms with van der Waals surface area (Å²) < 4.78 is 1.000. The number of nitriles is 1. The Bertz CT molecular complexity index is 599. The molecule has 88 valence electrons. The zero-order valence-electron chi connectivity index (χ0n) is 9.34. The molecule has 0 spiro atoms. The highest BCUT2D eigenvalue weighted by Gasteiger charge is 1.97. The van der Waals surface area contributed by atoms with Crippen molar-refractivity contribution >= 4 is 27.3 Å². The molecule has 0 unspecified atom stereocenters. The third-order valence-corrected chi connectivity index (χ3v) is 2.73. The molecule has 0 radical (unpaired) electrons. The molecule has 18 heavy (non-hydrogen) atoms. The van der Waals surface area contributed by atoms with Crippen molar-refractivity contribution in [1.29, 1.82) is 5.26 Å². The standard InChI is InChI=1S/C13H9BrN4/c14-11-5-7-12(8-6-11)16-18-17-13-4-2-1-3-10(13)9-15/h1-8H,(H,16,17). The summed E-state index contributed by atoms with van der Waals surface area (Å²) in [6.07, 6.45) is 0. The molecule has 0 amide bonds. The monoisotopic (exact) mass is 300 g/mol. The van der Waals surface area contributed by atoms with Gasteiger partial charge in [0.15, 0.2) is 0 Å². The largest absolute Gasteiger partial charge is 0.260 e. The van der Waals surface area contributed by atoms with Gasteiger partial charge in [0, 0.05) is 4.47 Å². The summed E-state index contributed by atoms with van der Waals surface area (Å²) in [6.45, 7) is 0. The molecule has 2 rings (SSSR count). The minimum Gasteiger partial charge on any atom is -0.260 e. The third-order valence-electron chi connectivity index (χ3n) is 2.21. The van der Waals surface area contributed by atoms with E-state index in [9.17, 15) is 0 Å². The van der Waals surface area contributed by atoms with Crippen molar-refractivity contribution in [2.24, 2.45) is 10.3 Å². The Morgan fingerprint density at radius 2 is 1.78 bits per heavy atom. The molecule has 1 N–H and O–H groups in total. The van der Waals surface area contributed by atoms with Crippen LogP contribution in [-0.2, 0) is 0 Å². The van der Waals surface area contributed by atoms with Gasteiger partial charge in [-0.2, -0.15) is 5.26 Å². The van der Waals surface area contributed by atoms with Gasteiger partial charge in [-0.3, -0.25) is 5.43 Å². The van der Waals surface area contributed by atoms with Crippen LogP contribution in [0.4, 0.5) is 11.4 Å². The lowest BCUT2D eigenvalue weighted by molar-refractivity contribution is 1.13. The molecule has 5 heteroatoms. The van der Waals surface area contributed by atoms with Gasteiger partial charge in [-0.25, -0.2) is 0 Å². The fourth-order valence-corrected chi connectivity index (χ4v) is 1.58. The van der Waals surface area contributed by atoms with Crippen LogP contribution >= 0.6 is 15.9 Å². The van der Waals surface area contributed by atoms with Crippen LogP contribution in [0.5, 0.6) is 0 Å². The second-order valence-electron chi connectivity index (χ2n) is 3.45. The van der Waals surface area contributed by atoms with Crippen molar-refractivity contribution in [3.05, 3.63) is 58.6 Å². The van der Waals surface area contributed by atoms with Gasteiger partial charge in [-0.15, -0.1) is 5.11 Å². The second-order valence-corrected chi connectivity index (χ2v) is 4.36. The Labute approximate surface area is 113 Å². The molecule has 0 atom stereocenters. The third kappa shape index (κ3) is 3.15. The average Bonchev–Trinajstić information content (AvgIpc) is 2.41. The predicted octanol–water partition coefficient (Wildman–Crippen LogP) is 4.43. The van der Waals surface area contributed by atoms with Gasteiger partial charge in [-0.05, 0) is 36.4 Å². The minimum absolute atomic E-state index is 0.499. The predicted molar refractivity (Wildman–Crippen MR) is 73.4 cm³/mol. The summed E-state index contributed by atoms with van der Waals surface area (Å²) in [5, 5.41) is 16.7. The van der Waals surface area contributed by atoms with Crippen LogP contribution in [0.15, 0.2) is 63.3 Å². The smallest absolute Gasteiger partial charge is 0.105 e. The van der Waals surface area contributed by atoms with Crippen LogP contribution in [0.2, 0.25) is 0 Å². The van der Waals surface area contributed by atoms with Crippen molar-refractivity contribution < 1.29 is 0 Å². The Kier molecular flexibility index (Phi) is 4.05. The van der Waals surface area contributed by atoms with Gasteiger partial charge in [0.1, 0.15) is 11.8 Å². The van der Waals surface area contributed by atoms with Gasteiger partial charge in [0.25, 0.3) is 0 Å². The lowest BCUT2D eigenvalue weighted by Gasteiger charge is -1.99. The van der Waals surface area contributed by atoms with Gasteiger partial charge in [-0.1, -0.05) is 33.3 Å². The fraction of sp³-hybridized carbons (Fsp3) is 0. The summed E-state index contributed by atoms with van der Waals surface area (Å²) in [5.74, 6) is 0. The number of anilines is 1. The molecule has 4 nitrogen and oxygen atoms in total. The molecule has 0 saturated carbocycles. The van der Waals surface area contributed by atoms with Crippen molar-refractivity contribution in [1.82, 2.24) is 0 Å². The Morgan fingerprint density at radius 3 is 2.50 bits per heavy atom. The maximum atomic E-state index is 8.89. The number of nitrogens with one attached hydrogen (secondary N) is 1. The molecule has 0 heterocycles. The first-order chi connectivity index (χ1) is 8.79. The van der Waals surface area contributed by atoms with E-state index in [1.807, 2.05) is 30.3 Å². The van der Waals surface area contributed by atoms with Crippen LogP contribution in [0.25, 0.3) is 0 Å². The van der Waals surface area contributed by atoms with Crippen molar-refractivity contribution in [3.63, 3.8) is 0 Å². The summed E-state index contributed by atoms with van der Waals surface area (Å²) in [4.78, 5) is 0. The van der Waals surface area contributed by atoms with E-state index in [1.165, 1.54) is 0 Å². The van der Waals surface area contributed by atoms with Gasteiger partial charge in [0.2, 0.25) is 0 Å². The van der Waals surface area contributed by atoms with E-state index in [2.05, 4.69) is 37.8 Å². The molecule has 2 aromatic rings. The van der Waals surface area contributed by atoms with Gasteiger partial charge < -0.3 is 0 Å². The van der Waals surface area contributed by atoms with Crippen LogP contribution in [-0.4, -0.2) is 0 Å². The molecule has 0 saturated heterocycles. The number of nitrogens with zero attached hydrogens (tertiary/aromatic N) is 3. The van der Waals surface area contributed by atoms with Crippen LogP contribution in [0.3, 0.4) is 0 Å². The lowest BCUT2D eigenvalue weighted by atomic mass is 10.2. The Morgan fingerprint density at radius 1 is 1.06 bits per heavy atom. The number of hydrogen-bond donors (Lipinski definition) is 1. The van der Waals surface area contributed by atoms with Crippen LogP contribution in [0.1, 0.15) is 5.56 Å². The zero-order valence-corrected chi connectivity index (χ0v) is 10.9. The molecule has 0 aliphatic heterocycles. The number of hydrogen-bond acceptors (Lipinski definition) is 3. The fourth-order valence-electron chi connectivity index (χ4n) is 1.32. The average molecular weight is 301 g/mol. The normalized spacial score (nSPS) is 10.2. The summed E-state index contributed by atoms with van der Waals surface area (Å²) in [6, 6.07) is 16.7. The van der Waals surface area contributed by atoms with Gasteiger partial charge in [0.05, 0.1) is 11.3 Å². The highest BCUT2D eigenvalue weighted by atomic mass is 79.9. The SMILES string of the molecule is N#Cc1ccccc1N=NNc1ccc(Br)cc1. The molecular weight excluding hydrogens is 292 g/mol. The zero-order chi connectivity index (χ0) is 12.8. The van der Waals surface area contributed by atoms with E-state index >= 15 is 0 Å². The molecule has 0 aliphatic carbocycles. The summed E-state index contributed by atoms with van der Waals surface area (Å²) >= 11 is 3.35. The van der Waals surface area contributed by atoms with Gasteiger partial charge >= 0.3 is 0 Å². The first-order valence-corrected chi connectivity index (χ1v) is 6.00. The van der Waals surface area contributed by atoms with E-state index in [0.29, 0.717) is 11.3 Å². The van der Waals surface area contributed by atoms with E-state index in [4.69, 9.17) is 5.26 Å². The number of rotatable bonds is 3. The Hall–Kier alpha value is -2.19. The van der Waals surface area contributed by atoms with Crippen molar-refractivity contribution in [3.8, 4) is 6.07 Å². The molecule has 0 aromatic heterocycles. The van der Waals surface area contributed by atoms with Crippen LogP contribution in [0, 0.1) is 11.3 Å². The maximum Gasteiger partial charge on any atom is 0.105 e. The molecule has 0 bridgehead atoms. The highest BCUT2D eigenvalue weighted by Crippen LogP contribution is 2.18. The molecule has 0 fully saturated rings. The van der Waals surface area contributed by atoms with E-state index in [-0.39, 0.29) is 0 Å². The molecular formula is C13H9BrN4. The number of benzene rings is 2. The Balaban J connectivity index is 2.08. The second kappa shape index (κ2) is 5.94. The summed E-state index contributed by atoms with van der Waals surface area (Å²) in [5.41, 5.74) is 4.67. The summed E-state index contributed by atoms with van der Waals surface area (Å²) in [7, 11) is 0. The number of halogens is 1. The van der Waals surface area contributed by atoms with E-state index < -0.39 is 0 Å². The van der Waals surface area contributed by atoms with E-state index in [0.717, 1.165) is 10.2 Å². The minimum atomic E-state index is 0.499. The quantitative estimate of drug-likeness (QED) is 0.673. The highest BCUT2D eigenvalue weighted by molar-refractivity contribution is 9.10. The first-order valence-electron chi connectivity index (χ1n) is 5.21. The first kappa shape index (κ1) is 12.3. The lowest BCUT2D eigenvalue weighted by Crippen LogP contribution is -1.85. The van der Waals surface area contributed by atoms with E-state index in [1.54, 1.807) is 18.2 Å². The maximum absolute atomic E-state index is 8.89. The van der Waals surface area contributed by atoms with Crippen molar-refractivity contribution in [2.45, 2.75) is 0 Å². The molecule has 0 aliphatic rings. The topological polar surface area (TPSA) is 60.5 Å². The van der Waals surface area contributed by atoms with Crippen LogP contribution < -0.4 is 5.43 Å². The molecule has 2 aromatic carbocycles.